The summed E-state index contributed by atoms with van der Waals surface area (Å²) in [5.41, 5.74) is 2.15. The fraction of sp³-hybridized carbons (Fsp3) is 0.474. The summed E-state index contributed by atoms with van der Waals surface area (Å²) in [7, 11) is 0. The van der Waals surface area contributed by atoms with Crippen LogP contribution in [0.3, 0.4) is 0 Å². The monoisotopic (exact) mass is 309 g/mol. The van der Waals surface area contributed by atoms with E-state index in [1.54, 1.807) is 12.3 Å². The zero-order valence-electron chi connectivity index (χ0n) is 13.6. The van der Waals surface area contributed by atoms with Gasteiger partial charge in [-0.15, -0.1) is 0 Å². The molecule has 1 aliphatic carbocycles. The molecule has 2 aliphatic rings. The Balaban J connectivity index is 1.44. The lowest BCUT2D eigenvalue weighted by molar-refractivity contribution is 0.256. The van der Waals surface area contributed by atoms with Gasteiger partial charge in [0, 0.05) is 24.8 Å². The number of hydrogen-bond donors (Lipinski definition) is 0. The third-order valence-corrected chi connectivity index (χ3v) is 5.36. The molecule has 23 heavy (non-hydrogen) atoms. The Labute approximate surface area is 136 Å². The third kappa shape index (κ3) is 2.95. The molecule has 1 aromatic carbocycles. The molecule has 4 heteroatoms. The lowest BCUT2D eigenvalue weighted by Gasteiger charge is -2.20. The molecular formula is C19H23N3O. The zero-order chi connectivity index (χ0) is 15.8. The van der Waals surface area contributed by atoms with Gasteiger partial charge < -0.3 is 4.90 Å². The van der Waals surface area contributed by atoms with Crippen molar-refractivity contribution in [3.63, 3.8) is 0 Å². The number of rotatable bonds is 4. The van der Waals surface area contributed by atoms with Gasteiger partial charge in [0.15, 0.2) is 0 Å². The summed E-state index contributed by atoms with van der Waals surface area (Å²) in [4.78, 5) is 14.5. The molecule has 0 radical (unpaired) electrons. The van der Waals surface area contributed by atoms with E-state index >= 15 is 0 Å². The van der Waals surface area contributed by atoms with Crippen molar-refractivity contribution >= 4 is 0 Å². The second kappa shape index (κ2) is 5.93. The Bertz CT molecular complexity index is 737. The maximum absolute atomic E-state index is 11.8. The molecule has 1 saturated heterocycles. The van der Waals surface area contributed by atoms with Crippen LogP contribution >= 0.6 is 0 Å². The topological polar surface area (TPSA) is 38.1 Å². The van der Waals surface area contributed by atoms with Crippen LogP contribution in [0.2, 0.25) is 0 Å². The molecule has 0 spiro atoms. The van der Waals surface area contributed by atoms with Crippen LogP contribution in [-0.4, -0.2) is 33.8 Å². The van der Waals surface area contributed by atoms with Crippen LogP contribution in [0.4, 0.5) is 0 Å². The van der Waals surface area contributed by atoms with Crippen LogP contribution in [-0.2, 0) is 0 Å². The predicted molar refractivity (Wildman–Crippen MR) is 91.0 cm³/mol. The van der Waals surface area contributed by atoms with E-state index in [9.17, 15) is 4.79 Å². The molecule has 4 rings (SSSR count). The van der Waals surface area contributed by atoms with Gasteiger partial charge in [0.1, 0.15) is 0 Å². The first-order chi connectivity index (χ1) is 11.2. The van der Waals surface area contributed by atoms with Gasteiger partial charge >= 0.3 is 0 Å². The molecule has 1 aromatic heterocycles. The quantitative estimate of drug-likeness (QED) is 0.871. The molecule has 120 valence electrons. The largest absolute Gasteiger partial charge is 0.300 e. The summed E-state index contributed by atoms with van der Waals surface area (Å²) in [6, 6.07) is 12.3. The van der Waals surface area contributed by atoms with Crippen LogP contribution in [0.15, 0.2) is 47.4 Å². The number of hydrogen-bond acceptors (Lipinski definition) is 3. The molecule has 2 aromatic rings. The normalized spacial score (nSPS) is 27.3. The van der Waals surface area contributed by atoms with Gasteiger partial charge in [-0.3, -0.25) is 4.79 Å². The Morgan fingerprint density at radius 1 is 1.22 bits per heavy atom. The fourth-order valence-corrected chi connectivity index (χ4v) is 3.84. The van der Waals surface area contributed by atoms with Crippen molar-refractivity contribution in [1.82, 2.24) is 14.7 Å². The number of nitrogens with zero attached hydrogens (tertiary/aromatic N) is 3. The lowest BCUT2D eigenvalue weighted by Crippen LogP contribution is -2.29. The number of aromatic nitrogens is 2. The zero-order valence-corrected chi connectivity index (χ0v) is 13.6. The average Bonchev–Trinajstić information content (AvgIpc) is 3.22. The van der Waals surface area contributed by atoms with Crippen LogP contribution in [0.5, 0.6) is 0 Å². The van der Waals surface area contributed by atoms with Gasteiger partial charge in [-0.1, -0.05) is 12.1 Å². The minimum absolute atomic E-state index is 0.0902. The molecule has 0 amide bonds. The van der Waals surface area contributed by atoms with E-state index in [-0.39, 0.29) is 5.56 Å². The number of benzene rings is 1. The highest BCUT2D eigenvalue weighted by Crippen LogP contribution is 2.48. The van der Waals surface area contributed by atoms with Crippen LogP contribution in [0.25, 0.3) is 5.69 Å². The van der Waals surface area contributed by atoms with Crippen molar-refractivity contribution in [2.24, 2.45) is 5.92 Å². The Morgan fingerprint density at radius 2 is 2.04 bits per heavy atom. The smallest absolute Gasteiger partial charge is 0.271 e. The van der Waals surface area contributed by atoms with Crippen LogP contribution in [0.1, 0.15) is 37.7 Å². The minimum atomic E-state index is -0.0902. The van der Waals surface area contributed by atoms with Crippen molar-refractivity contribution in [1.29, 1.82) is 0 Å². The number of likely N-dealkylation sites (tertiary alicyclic amines) is 1. The summed E-state index contributed by atoms with van der Waals surface area (Å²) in [5.74, 6) is 1.50. The van der Waals surface area contributed by atoms with E-state index in [4.69, 9.17) is 0 Å². The first-order valence-electron chi connectivity index (χ1n) is 8.61. The average molecular weight is 309 g/mol. The molecule has 4 nitrogen and oxygen atoms in total. The molecule has 1 saturated carbocycles. The molecular weight excluding hydrogens is 286 g/mol. The van der Waals surface area contributed by atoms with Gasteiger partial charge in [-0.25, -0.2) is 0 Å². The van der Waals surface area contributed by atoms with Crippen molar-refractivity contribution in [2.45, 2.75) is 38.1 Å². The fourth-order valence-electron chi connectivity index (χ4n) is 3.84. The van der Waals surface area contributed by atoms with E-state index in [1.165, 1.54) is 48.7 Å². The summed E-state index contributed by atoms with van der Waals surface area (Å²) in [6.45, 7) is 4.86. The Morgan fingerprint density at radius 3 is 2.74 bits per heavy atom. The van der Waals surface area contributed by atoms with E-state index in [0.717, 1.165) is 17.6 Å². The molecule has 2 heterocycles. The highest BCUT2D eigenvalue weighted by Gasteiger charge is 2.40. The Kier molecular flexibility index (Phi) is 3.77. The standard InChI is InChI=1S/C19H23N3O/c1-14-4-3-11-21(14)13-16-12-18(16)15-6-8-17(9-7-15)22-19(23)5-2-10-20-22/h2,5-10,14,16,18H,3-4,11-13H2,1H3/t14-,16+,18+/m0/s1. The first-order valence-corrected chi connectivity index (χ1v) is 8.61. The van der Waals surface area contributed by atoms with Crippen molar-refractivity contribution in [3.8, 4) is 5.69 Å². The summed E-state index contributed by atoms with van der Waals surface area (Å²) >= 11 is 0. The summed E-state index contributed by atoms with van der Waals surface area (Å²) < 4.78 is 1.44. The van der Waals surface area contributed by atoms with Gasteiger partial charge in [0.25, 0.3) is 5.56 Å². The van der Waals surface area contributed by atoms with Crippen molar-refractivity contribution < 1.29 is 0 Å². The minimum Gasteiger partial charge on any atom is -0.300 e. The van der Waals surface area contributed by atoms with Gasteiger partial charge in [-0.05, 0) is 68.3 Å². The molecule has 0 bridgehead atoms. The van der Waals surface area contributed by atoms with Crippen molar-refractivity contribution in [2.75, 3.05) is 13.1 Å². The van der Waals surface area contributed by atoms with Crippen molar-refractivity contribution in [3.05, 3.63) is 58.5 Å². The highest BCUT2D eigenvalue weighted by atomic mass is 16.1. The summed E-state index contributed by atoms with van der Waals surface area (Å²) in [6.07, 6.45) is 5.65. The lowest BCUT2D eigenvalue weighted by atomic mass is 10.1. The molecule has 1 aliphatic heterocycles. The van der Waals surface area contributed by atoms with Crippen LogP contribution in [0, 0.1) is 5.92 Å². The molecule has 2 fully saturated rings. The van der Waals surface area contributed by atoms with Gasteiger partial charge in [-0.2, -0.15) is 9.78 Å². The second-order valence-corrected chi connectivity index (χ2v) is 6.95. The SMILES string of the molecule is C[C@H]1CCCN1C[C@H]1C[C@@H]1c1ccc(-n2ncccc2=O)cc1. The van der Waals surface area contributed by atoms with Gasteiger partial charge in [0.05, 0.1) is 5.69 Å². The highest BCUT2D eigenvalue weighted by molar-refractivity contribution is 5.37. The van der Waals surface area contributed by atoms with Gasteiger partial charge in [0.2, 0.25) is 0 Å². The molecule has 0 unspecified atom stereocenters. The van der Waals surface area contributed by atoms with E-state index in [0.29, 0.717) is 5.92 Å². The van der Waals surface area contributed by atoms with E-state index in [1.807, 2.05) is 12.1 Å². The van der Waals surface area contributed by atoms with E-state index in [2.05, 4.69) is 29.1 Å². The predicted octanol–water partition coefficient (Wildman–Crippen LogP) is 2.82. The summed E-state index contributed by atoms with van der Waals surface area (Å²) in [5, 5.41) is 4.13. The van der Waals surface area contributed by atoms with Crippen LogP contribution < -0.4 is 5.56 Å². The molecule has 3 atom stereocenters. The Hall–Kier alpha value is -1.94. The third-order valence-electron chi connectivity index (χ3n) is 5.36. The second-order valence-electron chi connectivity index (χ2n) is 6.95. The molecule has 0 N–H and O–H groups in total. The maximum atomic E-state index is 11.8. The maximum Gasteiger partial charge on any atom is 0.271 e. The van der Waals surface area contributed by atoms with E-state index < -0.39 is 0 Å². The first kappa shape index (κ1) is 14.6.